The molecule has 0 aliphatic rings. The van der Waals surface area contributed by atoms with Crippen molar-refractivity contribution in [3.63, 3.8) is 0 Å². The highest BCUT2D eigenvalue weighted by Crippen LogP contribution is 2.04. The van der Waals surface area contributed by atoms with Crippen LogP contribution in [-0.2, 0) is 24.0 Å². The first kappa shape index (κ1) is 29.5. The molecule has 0 bridgehead atoms. The molecule has 0 spiro atoms. The maximum absolute atomic E-state index is 12.7. The number of aliphatic carboxylic acids is 2. The second-order valence-corrected chi connectivity index (χ2v) is 6.87. The quantitative estimate of drug-likeness (QED) is 0.0566. The van der Waals surface area contributed by atoms with Crippen LogP contribution in [0.3, 0.4) is 0 Å². The summed E-state index contributed by atoms with van der Waals surface area (Å²) in [7, 11) is 0. The fraction of sp³-hybridized carbons (Fsp3) is 0.647. The summed E-state index contributed by atoms with van der Waals surface area (Å²) in [6.45, 7) is -1.56. The molecular formula is C17H31N7O9. The summed E-state index contributed by atoms with van der Waals surface area (Å²) in [6.07, 6.45) is -0.766. The van der Waals surface area contributed by atoms with Crippen LogP contribution in [0.25, 0.3) is 0 Å². The normalized spacial score (nSPS) is 14.2. The van der Waals surface area contributed by atoms with E-state index in [0.717, 1.165) is 0 Å². The Bertz CT molecular complexity index is 728. The number of aliphatic imine (C=N–C) groups is 1. The smallest absolute Gasteiger partial charge is 0.328 e. The molecule has 33 heavy (non-hydrogen) atoms. The first-order valence-corrected chi connectivity index (χ1v) is 9.81. The van der Waals surface area contributed by atoms with Crippen LogP contribution in [0.1, 0.15) is 25.7 Å². The van der Waals surface area contributed by atoms with Crippen molar-refractivity contribution in [2.24, 2.45) is 22.2 Å². The number of rotatable bonds is 16. The van der Waals surface area contributed by atoms with E-state index in [1.807, 2.05) is 0 Å². The highest BCUT2D eigenvalue weighted by molar-refractivity contribution is 5.94. The van der Waals surface area contributed by atoms with Crippen molar-refractivity contribution in [3.8, 4) is 0 Å². The van der Waals surface area contributed by atoms with Crippen LogP contribution in [0.4, 0.5) is 0 Å². The number of amides is 3. The molecule has 0 aromatic carbocycles. The Morgan fingerprint density at radius 2 is 1.30 bits per heavy atom. The summed E-state index contributed by atoms with van der Waals surface area (Å²) in [4.78, 5) is 62.9. The Morgan fingerprint density at radius 3 is 1.76 bits per heavy atom. The Hall–Kier alpha value is -3.50. The maximum atomic E-state index is 12.7. The van der Waals surface area contributed by atoms with Gasteiger partial charge in [-0.2, -0.15) is 0 Å². The minimum absolute atomic E-state index is 0.0676. The number of carbonyl (C=O) groups is 5. The molecule has 0 aliphatic heterocycles. The number of hydrogen-bond donors (Lipinski definition) is 10. The number of nitrogens with zero attached hydrogens (tertiary/aromatic N) is 1. The van der Waals surface area contributed by atoms with Crippen LogP contribution in [0.2, 0.25) is 0 Å². The van der Waals surface area contributed by atoms with Gasteiger partial charge in [-0.3, -0.25) is 24.2 Å². The van der Waals surface area contributed by atoms with E-state index in [2.05, 4.69) is 20.9 Å². The van der Waals surface area contributed by atoms with E-state index in [0.29, 0.717) is 0 Å². The molecule has 16 nitrogen and oxygen atoms in total. The molecule has 0 aliphatic carbocycles. The van der Waals surface area contributed by atoms with Gasteiger partial charge in [0.2, 0.25) is 17.7 Å². The zero-order valence-corrected chi connectivity index (χ0v) is 17.8. The molecule has 0 aromatic rings. The molecule has 0 aromatic heterocycles. The van der Waals surface area contributed by atoms with Gasteiger partial charge in [-0.25, -0.2) is 4.79 Å². The van der Waals surface area contributed by atoms with Gasteiger partial charge in [0.05, 0.1) is 13.2 Å². The lowest BCUT2D eigenvalue weighted by Gasteiger charge is -2.24. The zero-order valence-electron chi connectivity index (χ0n) is 17.8. The van der Waals surface area contributed by atoms with Gasteiger partial charge in [0.15, 0.2) is 5.96 Å². The van der Waals surface area contributed by atoms with Crippen molar-refractivity contribution in [3.05, 3.63) is 0 Å². The van der Waals surface area contributed by atoms with E-state index in [9.17, 15) is 24.0 Å². The number of aliphatic hydroxyl groups excluding tert-OH is 2. The van der Waals surface area contributed by atoms with Crippen LogP contribution in [-0.4, -0.2) is 100.0 Å². The first-order valence-electron chi connectivity index (χ1n) is 9.81. The number of hydrogen-bond acceptors (Lipinski definition) is 9. The third-order valence-electron chi connectivity index (χ3n) is 4.19. The van der Waals surface area contributed by atoms with Crippen molar-refractivity contribution < 1.29 is 44.4 Å². The lowest BCUT2D eigenvalue weighted by Crippen LogP contribution is -2.57. The minimum Gasteiger partial charge on any atom is -0.481 e. The molecule has 188 valence electrons. The Balaban J connectivity index is 5.52. The van der Waals surface area contributed by atoms with Gasteiger partial charge in [0.1, 0.15) is 24.2 Å². The van der Waals surface area contributed by atoms with Crippen molar-refractivity contribution in [1.29, 1.82) is 0 Å². The Labute approximate surface area is 188 Å². The SMILES string of the molecule is NC(N)=NCCCC(NC(=O)C(CCC(=O)O)NC(=O)C(N)CO)C(=O)NC(CO)C(=O)O. The van der Waals surface area contributed by atoms with Gasteiger partial charge < -0.3 is 53.6 Å². The van der Waals surface area contributed by atoms with Crippen LogP contribution in [0, 0.1) is 0 Å². The predicted molar refractivity (Wildman–Crippen MR) is 112 cm³/mol. The molecular weight excluding hydrogens is 446 g/mol. The Morgan fingerprint density at radius 1 is 0.788 bits per heavy atom. The Kier molecular flexibility index (Phi) is 13.7. The standard InChI is InChI=1S/C17H31N7O9/c18-8(6-25)13(29)22-10(3-4-12(27)28)15(31)23-9(2-1-5-21-17(19)20)14(30)24-11(7-26)16(32)33/h8-11,25-26H,1-7,18H2,(H,22,29)(H,23,31)(H,24,30)(H,27,28)(H,32,33)(H4,19,20,21). The molecule has 0 heterocycles. The summed E-state index contributed by atoms with van der Waals surface area (Å²) >= 11 is 0. The van der Waals surface area contributed by atoms with E-state index in [1.165, 1.54) is 0 Å². The third kappa shape index (κ3) is 12.2. The van der Waals surface area contributed by atoms with Crippen molar-refractivity contribution in [1.82, 2.24) is 16.0 Å². The van der Waals surface area contributed by atoms with Gasteiger partial charge in [-0.05, 0) is 19.3 Å². The monoisotopic (exact) mass is 477 g/mol. The average Bonchev–Trinajstić information content (AvgIpc) is 2.75. The maximum Gasteiger partial charge on any atom is 0.328 e. The third-order valence-corrected chi connectivity index (χ3v) is 4.19. The number of carboxylic acid groups (broad SMARTS) is 2. The molecule has 0 saturated carbocycles. The fourth-order valence-electron chi connectivity index (χ4n) is 2.40. The number of carbonyl (C=O) groups excluding carboxylic acids is 3. The molecule has 0 rings (SSSR count). The zero-order chi connectivity index (χ0) is 25.6. The summed E-state index contributed by atoms with van der Waals surface area (Å²) in [5.41, 5.74) is 15.8. The molecule has 0 fully saturated rings. The lowest BCUT2D eigenvalue weighted by atomic mass is 10.1. The number of nitrogens with two attached hydrogens (primary N) is 3. The van der Waals surface area contributed by atoms with Crippen molar-refractivity contribution >= 4 is 35.6 Å². The average molecular weight is 477 g/mol. The fourth-order valence-corrected chi connectivity index (χ4v) is 2.40. The molecule has 13 N–H and O–H groups in total. The molecule has 16 heteroatoms. The van der Waals surface area contributed by atoms with Crippen LogP contribution >= 0.6 is 0 Å². The van der Waals surface area contributed by atoms with Crippen LogP contribution in [0.15, 0.2) is 4.99 Å². The topological polar surface area (TPSA) is 293 Å². The van der Waals surface area contributed by atoms with Crippen LogP contribution in [0.5, 0.6) is 0 Å². The van der Waals surface area contributed by atoms with Gasteiger partial charge >= 0.3 is 11.9 Å². The number of guanidine groups is 1. The predicted octanol–water partition coefficient (Wildman–Crippen LogP) is -5.24. The first-order chi connectivity index (χ1) is 15.4. The number of aliphatic hydroxyl groups is 2. The van der Waals surface area contributed by atoms with E-state index in [1.54, 1.807) is 0 Å². The van der Waals surface area contributed by atoms with Crippen molar-refractivity contribution in [2.75, 3.05) is 19.8 Å². The van der Waals surface area contributed by atoms with Gasteiger partial charge in [0, 0.05) is 13.0 Å². The highest BCUT2D eigenvalue weighted by atomic mass is 16.4. The molecule has 4 unspecified atom stereocenters. The van der Waals surface area contributed by atoms with Gasteiger partial charge in [-0.1, -0.05) is 0 Å². The number of carboxylic acids is 2. The summed E-state index contributed by atoms with van der Waals surface area (Å²) in [5.74, 6) is -5.81. The molecule has 4 atom stereocenters. The van der Waals surface area contributed by atoms with Gasteiger partial charge in [0.25, 0.3) is 0 Å². The summed E-state index contributed by atoms with van der Waals surface area (Å²) in [5, 5.41) is 42.5. The van der Waals surface area contributed by atoms with E-state index in [4.69, 9.17) is 37.6 Å². The number of nitrogens with one attached hydrogen (secondary N) is 3. The van der Waals surface area contributed by atoms with Crippen molar-refractivity contribution in [2.45, 2.75) is 49.9 Å². The molecule has 0 saturated heterocycles. The minimum atomic E-state index is -1.64. The van der Waals surface area contributed by atoms with E-state index in [-0.39, 0.29) is 31.8 Å². The summed E-state index contributed by atoms with van der Waals surface area (Å²) < 4.78 is 0. The lowest BCUT2D eigenvalue weighted by molar-refractivity contribution is -0.143. The summed E-state index contributed by atoms with van der Waals surface area (Å²) in [6, 6.07) is -5.77. The van der Waals surface area contributed by atoms with E-state index >= 15 is 0 Å². The van der Waals surface area contributed by atoms with Gasteiger partial charge in [-0.15, -0.1) is 0 Å². The largest absolute Gasteiger partial charge is 0.481 e. The second kappa shape index (κ2) is 15.3. The molecule has 3 amide bonds. The molecule has 0 radical (unpaired) electrons. The second-order valence-electron chi connectivity index (χ2n) is 6.87. The highest BCUT2D eigenvalue weighted by Gasteiger charge is 2.30. The van der Waals surface area contributed by atoms with Crippen LogP contribution < -0.4 is 33.2 Å². The van der Waals surface area contributed by atoms with E-state index < -0.39 is 73.5 Å².